The molecule has 0 bridgehead atoms. The van der Waals surface area contributed by atoms with Crippen molar-refractivity contribution in [3.05, 3.63) is 77.1 Å². The zero-order chi connectivity index (χ0) is 14.7. The number of fused-ring (bicyclic) bond motifs is 1. The quantitative estimate of drug-likeness (QED) is 0.762. The number of rotatable bonds is 4. The van der Waals surface area contributed by atoms with Crippen LogP contribution in [-0.2, 0) is 0 Å². The maximum Gasteiger partial charge on any atom is 0.0640 e. The van der Waals surface area contributed by atoms with Crippen molar-refractivity contribution < 1.29 is 0 Å². The molecule has 3 heteroatoms. The summed E-state index contributed by atoms with van der Waals surface area (Å²) < 4.78 is 0. The van der Waals surface area contributed by atoms with E-state index < -0.39 is 0 Å². The van der Waals surface area contributed by atoms with Crippen LogP contribution in [0.4, 0.5) is 0 Å². The SMILES string of the molecule is CCNC(c1ccncc1Cl)c1cccc2ccccc12. The summed E-state index contributed by atoms with van der Waals surface area (Å²) in [5.74, 6) is 0. The molecule has 0 aliphatic carbocycles. The van der Waals surface area contributed by atoms with Crippen LogP contribution in [-0.4, -0.2) is 11.5 Å². The molecule has 2 nitrogen and oxygen atoms in total. The van der Waals surface area contributed by atoms with Crippen molar-refractivity contribution in [2.24, 2.45) is 0 Å². The summed E-state index contributed by atoms with van der Waals surface area (Å²) in [5, 5.41) is 6.71. The lowest BCUT2D eigenvalue weighted by Gasteiger charge is -2.21. The van der Waals surface area contributed by atoms with E-state index in [1.807, 2.05) is 6.07 Å². The first-order valence-corrected chi connectivity index (χ1v) is 7.49. The second-order valence-electron chi connectivity index (χ2n) is 4.96. The van der Waals surface area contributed by atoms with E-state index in [4.69, 9.17) is 11.6 Å². The topological polar surface area (TPSA) is 24.9 Å². The second kappa shape index (κ2) is 6.25. The van der Waals surface area contributed by atoms with Gasteiger partial charge in [0.2, 0.25) is 0 Å². The Morgan fingerprint density at radius 3 is 2.67 bits per heavy atom. The Labute approximate surface area is 129 Å². The van der Waals surface area contributed by atoms with Crippen molar-refractivity contribution >= 4 is 22.4 Å². The summed E-state index contributed by atoms with van der Waals surface area (Å²) in [5.41, 5.74) is 2.30. The highest BCUT2D eigenvalue weighted by Crippen LogP contribution is 2.32. The van der Waals surface area contributed by atoms with Gasteiger partial charge in [0, 0.05) is 12.4 Å². The molecule has 106 valence electrons. The van der Waals surface area contributed by atoms with Crippen molar-refractivity contribution in [3.8, 4) is 0 Å². The van der Waals surface area contributed by atoms with Crippen LogP contribution in [0.3, 0.4) is 0 Å². The van der Waals surface area contributed by atoms with Gasteiger partial charge in [-0.25, -0.2) is 0 Å². The Morgan fingerprint density at radius 1 is 1.05 bits per heavy atom. The van der Waals surface area contributed by atoms with Gasteiger partial charge in [-0.1, -0.05) is 61.0 Å². The molecule has 1 atom stereocenters. The van der Waals surface area contributed by atoms with Gasteiger partial charge in [-0.3, -0.25) is 4.98 Å². The molecule has 0 fully saturated rings. The number of nitrogens with zero attached hydrogens (tertiary/aromatic N) is 1. The van der Waals surface area contributed by atoms with Crippen LogP contribution in [0.5, 0.6) is 0 Å². The lowest BCUT2D eigenvalue weighted by molar-refractivity contribution is 0.634. The van der Waals surface area contributed by atoms with Gasteiger partial charge in [0.05, 0.1) is 11.1 Å². The molecule has 0 aliphatic heterocycles. The average Bonchev–Trinajstić information content (AvgIpc) is 2.53. The first kappa shape index (κ1) is 14.1. The van der Waals surface area contributed by atoms with Gasteiger partial charge in [-0.2, -0.15) is 0 Å². The van der Waals surface area contributed by atoms with Crippen LogP contribution in [0.1, 0.15) is 24.1 Å². The molecular weight excluding hydrogens is 280 g/mol. The minimum absolute atomic E-state index is 0.0663. The highest BCUT2D eigenvalue weighted by atomic mass is 35.5. The fraction of sp³-hybridized carbons (Fsp3) is 0.167. The second-order valence-corrected chi connectivity index (χ2v) is 5.36. The summed E-state index contributed by atoms with van der Waals surface area (Å²) in [4.78, 5) is 4.08. The van der Waals surface area contributed by atoms with Gasteiger partial charge in [-0.05, 0) is 34.5 Å². The minimum atomic E-state index is 0.0663. The standard InChI is InChI=1S/C18H17ClN2/c1-2-21-18(16-10-11-20-12-17(16)19)15-9-5-7-13-6-3-4-8-14(13)15/h3-12,18,21H,2H2,1H3. The summed E-state index contributed by atoms with van der Waals surface area (Å²) >= 11 is 6.35. The molecule has 0 amide bonds. The molecule has 0 saturated carbocycles. The number of hydrogen-bond donors (Lipinski definition) is 1. The first-order valence-electron chi connectivity index (χ1n) is 7.11. The number of halogens is 1. The lowest BCUT2D eigenvalue weighted by Crippen LogP contribution is -2.22. The third-order valence-electron chi connectivity index (χ3n) is 3.66. The number of aromatic nitrogens is 1. The van der Waals surface area contributed by atoms with Crippen LogP contribution < -0.4 is 5.32 Å². The van der Waals surface area contributed by atoms with Crippen molar-refractivity contribution in [2.75, 3.05) is 6.54 Å². The summed E-state index contributed by atoms with van der Waals surface area (Å²) in [6.45, 7) is 2.97. The van der Waals surface area contributed by atoms with E-state index in [0.29, 0.717) is 5.02 Å². The molecule has 3 aromatic rings. The number of hydrogen-bond acceptors (Lipinski definition) is 2. The van der Waals surface area contributed by atoms with E-state index >= 15 is 0 Å². The van der Waals surface area contributed by atoms with Gasteiger partial charge < -0.3 is 5.32 Å². The Balaban J connectivity index is 2.19. The molecule has 1 N–H and O–H groups in total. The van der Waals surface area contributed by atoms with Crippen molar-refractivity contribution in [1.29, 1.82) is 0 Å². The molecule has 0 saturated heterocycles. The van der Waals surface area contributed by atoms with E-state index in [-0.39, 0.29) is 6.04 Å². The fourth-order valence-electron chi connectivity index (χ4n) is 2.71. The van der Waals surface area contributed by atoms with Crippen LogP contribution in [0.2, 0.25) is 5.02 Å². The molecule has 1 aromatic heterocycles. The average molecular weight is 297 g/mol. The van der Waals surface area contributed by atoms with Gasteiger partial charge >= 0.3 is 0 Å². The molecule has 0 aliphatic rings. The van der Waals surface area contributed by atoms with Crippen LogP contribution in [0, 0.1) is 0 Å². The van der Waals surface area contributed by atoms with Gasteiger partial charge in [0.25, 0.3) is 0 Å². The lowest BCUT2D eigenvalue weighted by atomic mass is 9.94. The van der Waals surface area contributed by atoms with Gasteiger partial charge in [-0.15, -0.1) is 0 Å². The summed E-state index contributed by atoms with van der Waals surface area (Å²) in [6, 6.07) is 16.9. The normalized spacial score (nSPS) is 12.5. The molecule has 21 heavy (non-hydrogen) atoms. The monoisotopic (exact) mass is 296 g/mol. The maximum absolute atomic E-state index is 6.35. The molecule has 2 aromatic carbocycles. The molecule has 1 unspecified atom stereocenters. The van der Waals surface area contributed by atoms with Crippen molar-refractivity contribution in [1.82, 2.24) is 10.3 Å². The van der Waals surface area contributed by atoms with E-state index in [1.54, 1.807) is 12.4 Å². The Morgan fingerprint density at radius 2 is 1.86 bits per heavy atom. The van der Waals surface area contributed by atoms with Gasteiger partial charge in [0.1, 0.15) is 0 Å². The zero-order valence-electron chi connectivity index (χ0n) is 11.9. The Hall–Kier alpha value is -1.90. The predicted octanol–water partition coefficient (Wildman–Crippen LogP) is 4.59. The highest BCUT2D eigenvalue weighted by molar-refractivity contribution is 6.31. The summed E-state index contributed by atoms with van der Waals surface area (Å²) in [7, 11) is 0. The van der Waals surface area contributed by atoms with E-state index in [9.17, 15) is 0 Å². The van der Waals surface area contributed by atoms with Crippen LogP contribution in [0.25, 0.3) is 10.8 Å². The van der Waals surface area contributed by atoms with Crippen LogP contribution >= 0.6 is 11.6 Å². The third-order valence-corrected chi connectivity index (χ3v) is 3.97. The van der Waals surface area contributed by atoms with Gasteiger partial charge in [0.15, 0.2) is 0 Å². The van der Waals surface area contributed by atoms with E-state index in [1.165, 1.54) is 16.3 Å². The smallest absolute Gasteiger partial charge is 0.0640 e. The predicted molar refractivity (Wildman–Crippen MR) is 88.7 cm³/mol. The number of nitrogens with one attached hydrogen (secondary N) is 1. The van der Waals surface area contributed by atoms with E-state index in [2.05, 4.69) is 59.7 Å². The molecule has 0 spiro atoms. The van der Waals surface area contributed by atoms with Crippen LogP contribution in [0.15, 0.2) is 60.9 Å². The third kappa shape index (κ3) is 2.78. The Bertz CT molecular complexity index is 750. The largest absolute Gasteiger partial charge is 0.306 e. The maximum atomic E-state index is 6.35. The van der Waals surface area contributed by atoms with E-state index in [0.717, 1.165) is 12.1 Å². The highest BCUT2D eigenvalue weighted by Gasteiger charge is 2.17. The number of pyridine rings is 1. The molecule has 3 rings (SSSR count). The first-order chi connectivity index (χ1) is 10.3. The Kier molecular flexibility index (Phi) is 4.18. The fourth-order valence-corrected chi connectivity index (χ4v) is 2.94. The molecule has 1 heterocycles. The zero-order valence-corrected chi connectivity index (χ0v) is 12.6. The van der Waals surface area contributed by atoms with Crippen molar-refractivity contribution in [3.63, 3.8) is 0 Å². The molecular formula is C18H17ClN2. The molecule has 0 radical (unpaired) electrons. The number of benzene rings is 2. The van der Waals surface area contributed by atoms with Crippen molar-refractivity contribution in [2.45, 2.75) is 13.0 Å². The minimum Gasteiger partial charge on any atom is -0.306 e. The summed E-state index contributed by atoms with van der Waals surface area (Å²) in [6.07, 6.45) is 3.49.